The molecule has 0 radical (unpaired) electrons. The average Bonchev–Trinajstić information content (AvgIpc) is 3.23. The number of hydrogen-bond acceptors (Lipinski definition) is 4. The predicted octanol–water partition coefficient (Wildman–Crippen LogP) is -0.392. The van der Waals surface area contributed by atoms with Crippen LogP contribution in [0.5, 0.6) is 0 Å². The first-order valence-corrected chi connectivity index (χ1v) is 6.54. The van der Waals surface area contributed by atoms with E-state index in [1.807, 2.05) is 0 Å². The van der Waals surface area contributed by atoms with Gasteiger partial charge in [-0.2, -0.15) is 5.06 Å². The van der Waals surface area contributed by atoms with E-state index in [1.54, 1.807) is 6.08 Å². The second-order valence-electron chi connectivity index (χ2n) is 5.33. The van der Waals surface area contributed by atoms with Crippen LogP contribution in [0, 0.1) is 5.92 Å². The Morgan fingerprint density at radius 3 is 2.67 bits per heavy atom. The first-order chi connectivity index (χ1) is 9.90. The summed E-state index contributed by atoms with van der Waals surface area (Å²) in [6.45, 7) is 0.120. The average molecular weight is 299 g/mol. The minimum atomic E-state index is -2.64. The van der Waals surface area contributed by atoms with Crippen molar-refractivity contribution >= 4 is 17.9 Å². The molecule has 0 aromatic carbocycles. The molecule has 1 saturated heterocycles. The van der Waals surface area contributed by atoms with Crippen LogP contribution >= 0.6 is 0 Å². The van der Waals surface area contributed by atoms with Crippen molar-refractivity contribution in [2.24, 2.45) is 11.7 Å². The van der Waals surface area contributed by atoms with Gasteiger partial charge < -0.3 is 15.7 Å². The Morgan fingerprint density at radius 2 is 2.14 bits per heavy atom. The predicted molar refractivity (Wildman–Crippen MR) is 65.1 cm³/mol. The zero-order chi connectivity index (χ0) is 15.3. The first-order valence-electron chi connectivity index (χ1n) is 6.54. The summed E-state index contributed by atoms with van der Waals surface area (Å²) in [5, 5.41) is 9.19. The Bertz CT molecular complexity index is 547. The van der Waals surface area contributed by atoms with Gasteiger partial charge in [0.2, 0.25) is 5.91 Å². The number of hydrogen-bond donors (Lipinski definition) is 2. The Balaban J connectivity index is 1.87. The van der Waals surface area contributed by atoms with Crippen LogP contribution in [0.4, 0.5) is 9.18 Å². The second kappa shape index (κ2) is 4.69. The Labute approximate surface area is 118 Å². The fraction of sp³-hybridized carbons (Fsp3) is 0.583. The summed E-state index contributed by atoms with van der Waals surface area (Å²) in [6.07, 6.45) is 0.848. The third-order valence-electron chi connectivity index (χ3n) is 3.85. The lowest BCUT2D eigenvalue weighted by Crippen LogP contribution is -2.49. The molecule has 2 fully saturated rings. The third-order valence-corrected chi connectivity index (χ3v) is 3.85. The van der Waals surface area contributed by atoms with Gasteiger partial charge in [0, 0.05) is 0 Å². The molecule has 1 aliphatic carbocycles. The van der Waals surface area contributed by atoms with Gasteiger partial charge in [-0.15, -0.1) is 0 Å². The van der Waals surface area contributed by atoms with Crippen molar-refractivity contribution in [2.45, 2.75) is 31.3 Å². The molecule has 114 valence electrons. The Morgan fingerprint density at radius 1 is 1.48 bits per heavy atom. The van der Waals surface area contributed by atoms with Crippen molar-refractivity contribution in [1.82, 2.24) is 9.96 Å². The van der Waals surface area contributed by atoms with E-state index in [-0.39, 0.29) is 12.5 Å². The van der Waals surface area contributed by atoms with Crippen LogP contribution < -0.4 is 5.73 Å². The number of nitrogens with two attached hydrogens (primary N) is 1. The molecule has 9 heteroatoms. The summed E-state index contributed by atoms with van der Waals surface area (Å²) >= 11 is 0. The minimum absolute atomic E-state index is 0.120. The van der Waals surface area contributed by atoms with Crippen molar-refractivity contribution < 1.29 is 28.7 Å². The van der Waals surface area contributed by atoms with Crippen LogP contribution in [0.15, 0.2) is 11.6 Å². The molecular weight excluding hydrogens is 285 g/mol. The minimum Gasteiger partial charge on any atom is -0.477 e. The van der Waals surface area contributed by atoms with Gasteiger partial charge in [-0.3, -0.25) is 4.79 Å². The van der Waals surface area contributed by atoms with Crippen molar-refractivity contribution in [3.63, 3.8) is 0 Å². The summed E-state index contributed by atoms with van der Waals surface area (Å²) in [6, 6.07) is -2.22. The molecule has 2 bridgehead atoms. The molecule has 1 saturated carbocycles. The van der Waals surface area contributed by atoms with E-state index >= 15 is 0 Å². The van der Waals surface area contributed by atoms with Gasteiger partial charge >= 0.3 is 18.4 Å². The van der Waals surface area contributed by atoms with Gasteiger partial charge in [-0.25, -0.2) is 18.8 Å². The van der Waals surface area contributed by atoms with Crippen LogP contribution in [0.1, 0.15) is 12.8 Å². The quantitative estimate of drug-likeness (QED) is 0.671. The summed E-state index contributed by atoms with van der Waals surface area (Å²) in [5.41, 5.74) is 6.10. The van der Waals surface area contributed by atoms with Crippen LogP contribution in [-0.2, 0) is 14.4 Å². The number of halogens is 1. The highest BCUT2D eigenvalue weighted by molar-refractivity contribution is 5.91. The SMILES string of the molecule is NC(=O)[C@@H]1C(C2CC2)=C[C@H]2CN1C(=O)N2O[C@H](F)C(=O)O. The van der Waals surface area contributed by atoms with Gasteiger partial charge in [-0.05, 0) is 24.3 Å². The van der Waals surface area contributed by atoms with Crippen LogP contribution in [0.3, 0.4) is 0 Å². The van der Waals surface area contributed by atoms with Gasteiger partial charge in [0.1, 0.15) is 6.04 Å². The van der Waals surface area contributed by atoms with E-state index in [4.69, 9.17) is 10.8 Å². The highest BCUT2D eigenvalue weighted by atomic mass is 19.1. The molecule has 0 aromatic heterocycles. The van der Waals surface area contributed by atoms with Gasteiger partial charge in [0.05, 0.1) is 12.6 Å². The van der Waals surface area contributed by atoms with E-state index < -0.39 is 36.3 Å². The molecule has 3 aliphatic rings. The van der Waals surface area contributed by atoms with E-state index in [0.29, 0.717) is 5.06 Å². The standard InChI is InChI=1S/C12H14FN3O5/c13-9(11(18)19)21-16-6-3-7(5-1-2-5)8(10(14)17)15(4-6)12(16)20/h3,5-6,8-9H,1-2,4H2,(H2,14,17)(H,18,19)/t6-,8-,9-/m0/s1. The molecule has 0 unspecified atom stereocenters. The van der Waals surface area contributed by atoms with Crippen LogP contribution in [0.25, 0.3) is 0 Å². The van der Waals surface area contributed by atoms with Crippen molar-refractivity contribution in [1.29, 1.82) is 0 Å². The topological polar surface area (TPSA) is 113 Å². The number of nitrogens with zero attached hydrogens (tertiary/aromatic N) is 2. The maximum Gasteiger partial charge on any atom is 0.368 e. The summed E-state index contributed by atoms with van der Waals surface area (Å²) in [5.74, 6) is -2.28. The van der Waals surface area contributed by atoms with Gasteiger partial charge in [0.15, 0.2) is 0 Å². The smallest absolute Gasteiger partial charge is 0.368 e. The molecule has 3 atom stereocenters. The molecule has 2 heterocycles. The fourth-order valence-corrected chi connectivity index (χ4v) is 2.81. The summed E-state index contributed by atoms with van der Waals surface area (Å²) in [4.78, 5) is 40.1. The lowest BCUT2D eigenvalue weighted by molar-refractivity contribution is -0.219. The molecular formula is C12H14FN3O5. The van der Waals surface area contributed by atoms with Crippen molar-refractivity contribution in [3.8, 4) is 0 Å². The van der Waals surface area contributed by atoms with Gasteiger partial charge in [-0.1, -0.05) is 6.08 Å². The number of hydroxylamine groups is 2. The normalized spacial score (nSPS) is 29.4. The zero-order valence-corrected chi connectivity index (χ0v) is 10.9. The number of urea groups is 1. The van der Waals surface area contributed by atoms with Gasteiger partial charge in [0.25, 0.3) is 0 Å². The fourth-order valence-electron chi connectivity index (χ4n) is 2.81. The van der Waals surface area contributed by atoms with Crippen LogP contribution in [-0.4, -0.2) is 58.0 Å². The van der Waals surface area contributed by atoms with E-state index in [1.165, 1.54) is 4.90 Å². The third kappa shape index (κ3) is 2.23. The van der Waals surface area contributed by atoms with E-state index in [9.17, 15) is 18.8 Å². The van der Waals surface area contributed by atoms with Crippen molar-refractivity contribution in [2.75, 3.05) is 6.54 Å². The molecule has 0 spiro atoms. The summed E-state index contributed by atoms with van der Waals surface area (Å²) in [7, 11) is 0. The monoisotopic (exact) mass is 299 g/mol. The Kier molecular flexibility index (Phi) is 3.08. The molecule has 3 rings (SSSR count). The second-order valence-corrected chi connectivity index (χ2v) is 5.33. The van der Waals surface area contributed by atoms with E-state index in [2.05, 4.69) is 4.84 Å². The number of primary amides is 1. The number of carboxylic acid groups (broad SMARTS) is 1. The van der Waals surface area contributed by atoms with E-state index in [0.717, 1.165) is 18.4 Å². The zero-order valence-electron chi connectivity index (χ0n) is 10.9. The number of carbonyl (C=O) groups is 3. The van der Waals surface area contributed by atoms with Crippen LogP contribution in [0.2, 0.25) is 0 Å². The highest BCUT2D eigenvalue weighted by Gasteiger charge is 2.51. The maximum absolute atomic E-state index is 13.2. The molecule has 0 aromatic rings. The Hall–Kier alpha value is -2.16. The molecule has 8 nitrogen and oxygen atoms in total. The number of carbonyl (C=O) groups excluding carboxylic acids is 2. The first kappa shape index (κ1) is 13.8. The number of carboxylic acids is 1. The number of alkyl halides is 1. The molecule has 2 aliphatic heterocycles. The number of fused-ring (bicyclic) bond motifs is 2. The molecule has 21 heavy (non-hydrogen) atoms. The highest BCUT2D eigenvalue weighted by Crippen LogP contribution is 2.43. The lowest BCUT2D eigenvalue weighted by Gasteiger charge is -2.29. The largest absolute Gasteiger partial charge is 0.477 e. The number of amides is 3. The number of aliphatic carboxylic acids is 1. The van der Waals surface area contributed by atoms with Crippen molar-refractivity contribution in [3.05, 3.63) is 11.6 Å². The molecule has 3 N–H and O–H groups in total. The maximum atomic E-state index is 13.2. The number of rotatable bonds is 5. The lowest BCUT2D eigenvalue weighted by atomic mass is 9.95. The molecule has 3 amide bonds. The summed E-state index contributed by atoms with van der Waals surface area (Å²) < 4.78 is 13.2.